The van der Waals surface area contributed by atoms with Crippen LogP contribution >= 0.6 is 0 Å². The van der Waals surface area contributed by atoms with Gasteiger partial charge in [-0.1, -0.05) is 72.8 Å². The van der Waals surface area contributed by atoms with Gasteiger partial charge in [-0.3, -0.25) is 4.57 Å². The number of H-pyrrole nitrogens is 1. The van der Waals surface area contributed by atoms with Crippen LogP contribution in [-0.2, 0) is 19.5 Å². The molecule has 0 aliphatic heterocycles. The molecule has 1 heterocycles. The smallest absolute Gasteiger partial charge is 0.305 e. The number of imidazole rings is 1. The highest BCUT2D eigenvalue weighted by Crippen LogP contribution is 2.18. The van der Waals surface area contributed by atoms with Crippen molar-refractivity contribution in [3.05, 3.63) is 106 Å². The van der Waals surface area contributed by atoms with Crippen LogP contribution in [0.25, 0.3) is 11.0 Å². The van der Waals surface area contributed by atoms with Crippen LogP contribution in [0.4, 0.5) is 0 Å². The molecule has 0 saturated heterocycles. The first-order valence-corrected chi connectivity index (χ1v) is 9.67. The molecule has 0 aliphatic rings. The molecule has 1 N–H and O–H groups in total. The van der Waals surface area contributed by atoms with Gasteiger partial charge in [0.05, 0.1) is 17.6 Å². The average Bonchev–Trinajstić information content (AvgIpc) is 3.04. The van der Waals surface area contributed by atoms with E-state index in [0.29, 0.717) is 6.54 Å². The molecule has 0 radical (unpaired) electrons. The summed E-state index contributed by atoms with van der Waals surface area (Å²) in [6.45, 7) is 2.43. The molecule has 28 heavy (non-hydrogen) atoms. The van der Waals surface area contributed by atoms with E-state index in [1.54, 1.807) is 0 Å². The van der Waals surface area contributed by atoms with E-state index in [2.05, 4.69) is 47.3 Å². The van der Waals surface area contributed by atoms with Gasteiger partial charge in [0.2, 0.25) is 0 Å². The number of hydrogen-bond donors (Lipinski definition) is 1. The molecule has 4 nitrogen and oxygen atoms in total. The van der Waals surface area contributed by atoms with Crippen molar-refractivity contribution in [2.45, 2.75) is 19.5 Å². The van der Waals surface area contributed by atoms with Crippen molar-refractivity contribution >= 4 is 11.0 Å². The summed E-state index contributed by atoms with van der Waals surface area (Å²) in [5, 5.41) is 0. The van der Waals surface area contributed by atoms with Gasteiger partial charge in [0.1, 0.15) is 0 Å². The van der Waals surface area contributed by atoms with Crippen LogP contribution in [0.2, 0.25) is 0 Å². The van der Waals surface area contributed by atoms with Crippen LogP contribution < -0.4 is 5.69 Å². The van der Waals surface area contributed by atoms with Crippen molar-refractivity contribution in [1.29, 1.82) is 0 Å². The number of nitrogens with zero attached hydrogens (tertiary/aromatic N) is 2. The maximum Gasteiger partial charge on any atom is 0.326 e. The van der Waals surface area contributed by atoms with E-state index in [4.69, 9.17) is 0 Å². The number of nitrogens with one attached hydrogen (secondary N) is 1. The maximum absolute atomic E-state index is 12.6. The van der Waals surface area contributed by atoms with Gasteiger partial charge in [0, 0.05) is 13.1 Å². The first-order valence-electron chi connectivity index (χ1n) is 9.67. The van der Waals surface area contributed by atoms with Crippen molar-refractivity contribution < 1.29 is 0 Å². The summed E-state index contributed by atoms with van der Waals surface area (Å²) in [4.78, 5) is 18.0. The third-order valence-electron chi connectivity index (χ3n) is 5.14. The van der Waals surface area contributed by atoms with E-state index in [0.717, 1.165) is 36.1 Å². The molecule has 0 amide bonds. The second-order valence-corrected chi connectivity index (χ2v) is 7.29. The van der Waals surface area contributed by atoms with Crippen LogP contribution in [0.1, 0.15) is 16.7 Å². The fraction of sp³-hybridized carbons (Fsp3) is 0.208. The minimum Gasteiger partial charge on any atom is -0.305 e. The van der Waals surface area contributed by atoms with Crippen molar-refractivity contribution in [3.8, 4) is 0 Å². The quantitative estimate of drug-likeness (QED) is 0.532. The number of benzene rings is 3. The van der Waals surface area contributed by atoms with E-state index in [9.17, 15) is 4.79 Å². The first-order chi connectivity index (χ1) is 13.7. The Bertz CT molecular complexity index is 1100. The van der Waals surface area contributed by atoms with Gasteiger partial charge in [0.25, 0.3) is 0 Å². The molecule has 4 heteroatoms. The Balaban J connectivity index is 1.52. The Morgan fingerprint density at radius 1 is 0.857 bits per heavy atom. The summed E-state index contributed by atoms with van der Waals surface area (Å²) in [5.74, 6) is 0. The van der Waals surface area contributed by atoms with Gasteiger partial charge in [-0.2, -0.15) is 0 Å². The van der Waals surface area contributed by atoms with Crippen molar-refractivity contribution in [2.75, 3.05) is 13.6 Å². The lowest BCUT2D eigenvalue weighted by atomic mass is 10.1. The zero-order chi connectivity index (χ0) is 19.3. The third-order valence-corrected chi connectivity index (χ3v) is 5.14. The SMILES string of the molecule is CN(CCc1cccc2c1[nH]c(=O)n2Cc1ccccc1)Cc1ccccc1. The monoisotopic (exact) mass is 371 g/mol. The van der Waals surface area contributed by atoms with Gasteiger partial charge < -0.3 is 9.88 Å². The zero-order valence-corrected chi connectivity index (χ0v) is 16.1. The molecule has 0 atom stereocenters. The van der Waals surface area contributed by atoms with Gasteiger partial charge in [-0.05, 0) is 36.2 Å². The summed E-state index contributed by atoms with van der Waals surface area (Å²) in [7, 11) is 2.14. The standard InChI is InChI=1S/C24H25N3O/c1-26(17-19-9-4-2-5-10-19)16-15-21-13-8-14-22-23(21)25-24(28)27(22)18-20-11-6-3-7-12-20/h2-14H,15-18H2,1H3,(H,25,28). The average molecular weight is 371 g/mol. The first kappa shape index (κ1) is 18.3. The van der Waals surface area contributed by atoms with E-state index in [-0.39, 0.29) is 5.69 Å². The van der Waals surface area contributed by atoms with Crippen molar-refractivity contribution in [3.63, 3.8) is 0 Å². The Hall–Kier alpha value is -3.11. The topological polar surface area (TPSA) is 41.0 Å². The molecular weight excluding hydrogens is 346 g/mol. The number of aromatic nitrogens is 2. The molecule has 0 unspecified atom stereocenters. The summed E-state index contributed by atoms with van der Waals surface area (Å²) in [6, 6.07) is 26.8. The number of para-hydroxylation sites is 1. The molecule has 0 saturated carbocycles. The van der Waals surface area contributed by atoms with Crippen LogP contribution in [0.15, 0.2) is 83.7 Å². The lowest BCUT2D eigenvalue weighted by Gasteiger charge is -2.17. The number of rotatable bonds is 7. The van der Waals surface area contributed by atoms with Gasteiger partial charge in [0.15, 0.2) is 0 Å². The summed E-state index contributed by atoms with van der Waals surface area (Å²) < 4.78 is 1.82. The molecule has 4 rings (SSSR count). The van der Waals surface area contributed by atoms with Crippen LogP contribution in [0.5, 0.6) is 0 Å². The summed E-state index contributed by atoms with van der Waals surface area (Å²) in [6.07, 6.45) is 0.895. The summed E-state index contributed by atoms with van der Waals surface area (Å²) >= 11 is 0. The minimum absolute atomic E-state index is 0.0519. The lowest BCUT2D eigenvalue weighted by molar-refractivity contribution is 0.331. The Morgan fingerprint density at radius 2 is 1.54 bits per heavy atom. The highest BCUT2D eigenvalue weighted by Gasteiger charge is 2.11. The fourth-order valence-corrected chi connectivity index (χ4v) is 3.66. The number of aromatic amines is 1. The van der Waals surface area contributed by atoms with E-state index >= 15 is 0 Å². The summed E-state index contributed by atoms with van der Waals surface area (Å²) in [5.41, 5.74) is 5.49. The van der Waals surface area contributed by atoms with Crippen LogP contribution in [-0.4, -0.2) is 28.0 Å². The molecular formula is C24H25N3O. The van der Waals surface area contributed by atoms with Crippen LogP contribution in [0.3, 0.4) is 0 Å². The largest absolute Gasteiger partial charge is 0.326 e. The van der Waals surface area contributed by atoms with Gasteiger partial charge in [-0.25, -0.2) is 4.79 Å². The molecule has 1 aromatic heterocycles. The highest BCUT2D eigenvalue weighted by atomic mass is 16.1. The molecule has 4 aromatic rings. The maximum atomic E-state index is 12.6. The number of likely N-dealkylation sites (N-methyl/N-ethyl adjacent to an activating group) is 1. The van der Waals surface area contributed by atoms with Gasteiger partial charge >= 0.3 is 5.69 Å². The molecule has 3 aromatic carbocycles. The molecule has 142 valence electrons. The van der Waals surface area contributed by atoms with Gasteiger partial charge in [-0.15, -0.1) is 0 Å². The predicted molar refractivity (Wildman–Crippen MR) is 115 cm³/mol. The Labute approximate surface area is 165 Å². The molecule has 0 bridgehead atoms. The fourth-order valence-electron chi connectivity index (χ4n) is 3.66. The third kappa shape index (κ3) is 4.07. The lowest BCUT2D eigenvalue weighted by Crippen LogP contribution is -2.20. The number of hydrogen-bond acceptors (Lipinski definition) is 2. The zero-order valence-electron chi connectivity index (χ0n) is 16.1. The Morgan fingerprint density at radius 3 is 2.25 bits per heavy atom. The predicted octanol–water partition coefficient (Wildman–Crippen LogP) is 4.05. The minimum atomic E-state index is -0.0519. The van der Waals surface area contributed by atoms with Crippen LogP contribution in [0, 0.1) is 0 Å². The molecule has 0 fully saturated rings. The van der Waals surface area contributed by atoms with E-state index in [1.165, 1.54) is 11.1 Å². The Kier molecular flexibility index (Phi) is 5.40. The van der Waals surface area contributed by atoms with E-state index in [1.807, 2.05) is 53.1 Å². The van der Waals surface area contributed by atoms with Crippen molar-refractivity contribution in [1.82, 2.24) is 14.5 Å². The molecule has 0 spiro atoms. The molecule has 0 aliphatic carbocycles. The second kappa shape index (κ2) is 8.28. The normalized spacial score (nSPS) is 11.4. The second-order valence-electron chi connectivity index (χ2n) is 7.29. The highest BCUT2D eigenvalue weighted by molar-refractivity contribution is 5.79. The number of fused-ring (bicyclic) bond motifs is 1. The van der Waals surface area contributed by atoms with Crippen molar-refractivity contribution in [2.24, 2.45) is 0 Å². The van der Waals surface area contributed by atoms with E-state index < -0.39 is 0 Å².